The lowest BCUT2D eigenvalue weighted by molar-refractivity contribution is 0.298. The van der Waals surface area contributed by atoms with Crippen LogP contribution in [-0.2, 0) is 0 Å². The van der Waals surface area contributed by atoms with Gasteiger partial charge in [0.05, 0.1) is 6.61 Å². The molecule has 0 spiro atoms. The van der Waals surface area contributed by atoms with E-state index in [1.165, 1.54) is 14.0 Å². The van der Waals surface area contributed by atoms with Gasteiger partial charge >= 0.3 is 0 Å². The topological polar surface area (TPSA) is 9.23 Å². The van der Waals surface area contributed by atoms with Crippen LogP contribution >= 0.6 is 34.4 Å². The van der Waals surface area contributed by atoms with Gasteiger partial charge in [0, 0.05) is 20.1 Å². The summed E-state index contributed by atoms with van der Waals surface area (Å²) >= 11 is 4.24. The Bertz CT molecular complexity index is 556. The van der Waals surface area contributed by atoms with Crippen LogP contribution in [0.25, 0.3) is 0 Å². The second-order valence-corrected chi connectivity index (χ2v) is 6.62. The Kier molecular flexibility index (Phi) is 3.80. The first-order valence-corrected chi connectivity index (χ1v) is 7.99. The van der Waals surface area contributed by atoms with E-state index in [1.807, 2.05) is 23.9 Å². The Labute approximate surface area is 125 Å². The van der Waals surface area contributed by atoms with E-state index in [9.17, 15) is 0 Å². The maximum atomic E-state index is 5.91. The smallest absolute Gasteiger partial charge is 0.120 e. The molecule has 0 radical (unpaired) electrons. The number of ether oxygens (including phenoxy) is 1. The van der Waals surface area contributed by atoms with Crippen molar-refractivity contribution >= 4 is 34.4 Å². The van der Waals surface area contributed by atoms with Crippen molar-refractivity contribution in [1.29, 1.82) is 0 Å². The van der Waals surface area contributed by atoms with E-state index < -0.39 is 0 Å². The van der Waals surface area contributed by atoms with Crippen LogP contribution in [0.2, 0.25) is 0 Å². The van der Waals surface area contributed by atoms with Gasteiger partial charge in [-0.1, -0.05) is 24.3 Å². The van der Waals surface area contributed by atoms with Crippen LogP contribution in [0, 0.1) is 3.57 Å². The summed E-state index contributed by atoms with van der Waals surface area (Å²) in [4.78, 5) is 1.41. The minimum absolute atomic E-state index is 0.518. The number of thioether (sulfide) groups is 1. The molecule has 0 saturated carbocycles. The maximum absolute atomic E-state index is 5.91. The highest BCUT2D eigenvalue weighted by Gasteiger charge is 2.23. The number of halogens is 1. The van der Waals surface area contributed by atoms with Gasteiger partial charge in [-0.05, 0) is 52.4 Å². The summed E-state index contributed by atoms with van der Waals surface area (Å²) in [5, 5.41) is 0. The van der Waals surface area contributed by atoms with Crippen molar-refractivity contribution in [2.75, 3.05) is 12.4 Å². The van der Waals surface area contributed by atoms with Crippen molar-refractivity contribution in [2.45, 2.75) is 10.8 Å². The molecule has 3 rings (SSSR count). The van der Waals surface area contributed by atoms with E-state index in [2.05, 4.69) is 59.0 Å². The molecule has 0 fully saturated rings. The van der Waals surface area contributed by atoms with Crippen molar-refractivity contribution in [3.63, 3.8) is 0 Å². The molecule has 1 unspecified atom stereocenters. The van der Waals surface area contributed by atoms with Gasteiger partial charge in [-0.3, -0.25) is 0 Å². The molecule has 0 aromatic heterocycles. The number of benzene rings is 2. The van der Waals surface area contributed by atoms with Crippen LogP contribution in [0.1, 0.15) is 11.5 Å². The number of rotatable bonds is 3. The third kappa shape index (κ3) is 2.67. The molecule has 18 heavy (non-hydrogen) atoms. The van der Waals surface area contributed by atoms with Gasteiger partial charge in [-0.15, -0.1) is 11.8 Å². The van der Waals surface area contributed by atoms with Crippen molar-refractivity contribution in [3.05, 3.63) is 57.7 Å². The fraction of sp³-hybridized carbons (Fsp3) is 0.200. The maximum Gasteiger partial charge on any atom is 0.120 e. The van der Waals surface area contributed by atoms with Crippen LogP contribution in [0.4, 0.5) is 0 Å². The molecule has 0 bridgehead atoms. The summed E-state index contributed by atoms with van der Waals surface area (Å²) in [5.41, 5.74) is 1.44. The predicted molar refractivity (Wildman–Crippen MR) is 84.6 cm³/mol. The number of fused-ring (bicyclic) bond motifs is 1. The molecule has 0 N–H and O–H groups in total. The monoisotopic (exact) mass is 368 g/mol. The molecule has 1 aliphatic heterocycles. The van der Waals surface area contributed by atoms with Crippen LogP contribution in [0.3, 0.4) is 0 Å². The van der Waals surface area contributed by atoms with Crippen LogP contribution in [0.5, 0.6) is 5.75 Å². The summed E-state index contributed by atoms with van der Waals surface area (Å²) in [6, 6.07) is 16.9. The highest BCUT2D eigenvalue weighted by Crippen LogP contribution is 2.39. The summed E-state index contributed by atoms with van der Waals surface area (Å²) in [5.74, 6) is 2.61. The molecule has 1 aliphatic rings. The summed E-state index contributed by atoms with van der Waals surface area (Å²) in [6.45, 7) is 0.768. The average molecular weight is 368 g/mol. The second kappa shape index (κ2) is 5.53. The third-order valence-corrected chi connectivity index (χ3v) is 4.97. The predicted octanol–water partition coefficient (Wildman–Crippen LogP) is 4.56. The molecule has 1 nitrogen and oxygen atoms in total. The van der Waals surface area contributed by atoms with Gasteiger partial charge < -0.3 is 4.74 Å². The Morgan fingerprint density at radius 3 is 2.94 bits per heavy atom. The zero-order valence-corrected chi connectivity index (χ0v) is 12.8. The molecule has 92 valence electrons. The highest BCUT2D eigenvalue weighted by molar-refractivity contribution is 14.1. The molecule has 1 atom stereocenters. The Hall–Kier alpha value is -0.680. The zero-order valence-electron chi connectivity index (χ0n) is 9.80. The van der Waals surface area contributed by atoms with Crippen LogP contribution in [0.15, 0.2) is 53.4 Å². The number of hydrogen-bond donors (Lipinski definition) is 0. The molecule has 2 aromatic carbocycles. The van der Waals surface area contributed by atoms with Gasteiger partial charge in [-0.25, -0.2) is 0 Å². The Morgan fingerprint density at radius 1 is 1.17 bits per heavy atom. The normalized spacial score (nSPS) is 17.5. The summed E-state index contributed by atoms with van der Waals surface area (Å²) in [7, 11) is 0. The lowest BCUT2D eigenvalue weighted by Gasteiger charge is -2.12. The van der Waals surface area contributed by atoms with E-state index >= 15 is 0 Å². The highest BCUT2D eigenvalue weighted by atomic mass is 127. The summed E-state index contributed by atoms with van der Waals surface area (Å²) < 4.78 is 7.12. The summed E-state index contributed by atoms with van der Waals surface area (Å²) in [6.07, 6.45) is 0. The minimum Gasteiger partial charge on any atom is -0.493 e. The van der Waals surface area contributed by atoms with Gasteiger partial charge in [0.15, 0.2) is 0 Å². The van der Waals surface area contributed by atoms with Crippen LogP contribution in [-0.4, -0.2) is 12.4 Å². The lowest BCUT2D eigenvalue weighted by Crippen LogP contribution is -2.09. The first-order chi connectivity index (χ1) is 8.83. The largest absolute Gasteiger partial charge is 0.493 e. The van der Waals surface area contributed by atoms with Gasteiger partial charge in [0.2, 0.25) is 0 Å². The number of hydrogen-bond acceptors (Lipinski definition) is 2. The Morgan fingerprint density at radius 2 is 2.06 bits per heavy atom. The SMILES string of the molecule is Ic1cccc(OCC2CSc3ccccc32)c1. The molecule has 3 heteroatoms. The van der Waals surface area contributed by atoms with E-state index in [0.717, 1.165) is 18.1 Å². The average Bonchev–Trinajstić information content (AvgIpc) is 2.80. The van der Waals surface area contributed by atoms with Crippen molar-refractivity contribution in [1.82, 2.24) is 0 Å². The minimum atomic E-state index is 0.518. The van der Waals surface area contributed by atoms with Crippen molar-refractivity contribution in [3.8, 4) is 5.75 Å². The standard InChI is InChI=1S/C15H13IOS/c16-12-4-3-5-13(8-12)17-9-11-10-18-15-7-2-1-6-14(11)15/h1-8,11H,9-10H2. The van der Waals surface area contributed by atoms with Crippen molar-refractivity contribution in [2.24, 2.45) is 0 Å². The lowest BCUT2D eigenvalue weighted by atomic mass is 10.0. The molecule has 0 saturated heterocycles. The van der Waals surface area contributed by atoms with Gasteiger partial charge in [0.25, 0.3) is 0 Å². The van der Waals surface area contributed by atoms with Crippen molar-refractivity contribution < 1.29 is 4.74 Å². The first-order valence-electron chi connectivity index (χ1n) is 5.93. The van der Waals surface area contributed by atoms with E-state index in [4.69, 9.17) is 4.74 Å². The third-order valence-electron chi connectivity index (χ3n) is 3.05. The molecule has 0 amide bonds. The van der Waals surface area contributed by atoms with E-state index in [-0.39, 0.29) is 0 Å². The van der Waals surface area contributed by atoms with E-state index in [1.54, 1.807) is 0 Å². The molecular formula is C15H13IOS. The van der Waals surface area contributed by atoms with Crippen LogP contribution < -0.4 is 4.74 Å². The van der Waals surface area contributed by atoms with Gasteiger partial charge in [0.1, 0.15) is 5.75 Å². The zero-order chi connectivity index (χ0) is 12.4. The molecule has 2 aromatic rings. The van der Waals surface area contributed by atoms with E-state index in [0.29, 0.717) is 5.92 Å². The molecule has 1 heterocycles. The second-order valence-electron chi connectivity index (χ2n) is 4.31. The fourth-order valence-electron chi connectivity index (χ4n) is 2.12. The Balaban J connectivity index is 1.69. The fourth-order valence-corrected chi connectivity index (χ4v) is 3.87. The quantitative estimate of drug-likeness (QED) is 0.735. The van der Waals surface area contributed by atoms with Gasteiger partial charge in [-0.2, -0.15) is 0 Å². The molecular weight excluding hydrogens is 355 g/mol. The molecule has 0 aliphatic carbocycles. The first kappa shape index (κ1) is 12.4.